The molecule has 0 aliphatic heterocycles. The zero-order valence-corrected chi connectivity index (χ0v) is 15.5. The molecule has 3 unspecified atom stereocenters. The van der Waals surface area contributed by atoms with Crippen LogP contribution in [0, 0.1) is 11.8 Å². The Balaban J connectivity index is 1.76. The molecule has 27 heavy (non-hydrogen) atoms. The van der Waals surface area contributed by atoms with Gasteiger partial charge in [-0.25, -0.2) is 0 Å². The second-order valence-corrected chi connectivity index (χ2v) is 6.91. The molecule has 0 aromatic heterocycles. The van der Waals surface area contributed by atoms with Crippen molar-refractivity contribution in [3.05, 3.63) is 72.4 Å². The van der Waals surface area contributed by atoms with Crippen LogP contribution in [0.1, 0.15) is 37.7 Å². The summed E-state index contributed by atoms with van der Waals surface area (Å²) in [5.41, 5.74) is 1.20. The fourth-order valence-electron chi connectivity index (χ4n) is 3.17. The maximum absolute atomic E-state index is 12.1. The van der Waals surface area contributed by atoms with Crippen molar-refractivity contribution in [1.29, 1.82) is 0 Å². The first-order valence-corrected chi connectivity index (χ1v) is 9.55. The van der Waals surface area contributed by atoms with E-state index in [1.54, 1.807) is 12.2 Å². The quantitative estimate of drug-likeness (QED) is 0.455. The number of hydrogen-bond acceptors (Lipinski definition) is 3. The van der Waals surface area contributed by atoms with E-state index >= 15 is 0 Å². The average Bonchev–Trinajstić information content (AvgIpc) is 3.01. The van der Waals surface area contributed by atoms with E-state index in [2.05, 4.69) is 0 Å². The molecule has 1 aromatic carbocycles. The number of carbonyl (C=O) groups excluding carboxylic acids is 1. The van der Waals surface area contributed by atoms with Gasteiger partial charge in [0, 0.05) is 18.3 Å². The molecule has 0 saturated carbocycles. The third kappa shape index (κ3) is 7.75. The number of rotatable bonds is 11. The van der Waals surface area contributed by atoms with Gasteiger partial charge in [-0.05, 0) is 43.7 Å². The van der Waals surface area contributed by atoms with Crippen molar-refractivity contribution in [1.82, 2.24) is 0 Å². The highest BCUT2D eigenvalue weighted by atomic mass is 16.4. The third-order valence-corrected chi connectivity index (χ3v) is 4.76. The van der Waals surface area contributed by atoms with Crippen LogP contribution in [0.3, 0.4) is 0 Å². The van der Waals surface area contributed by atoms with E-state index in [1.165, 1.54) is 5.56 Å². The van der Waals surface area contributed by atoms with Crippen molar-refractivity contribution in [2.45, 2.75) is 44.6 Å². The second-order valence-electron chi connectivity index (χ2n) is 6.91. The van der Waals surface area contributed by atoms with Gasteiger partial charge in [0.2, 0.25) is 0 Å². The molecule has 4 nitrogen and oxygen atoms in total. The topological polar surface area (TPSA) is 74.6 Å². The molecule has 0 amide bonds. The second kappa shape index (κ2) is 11.3. The number of allylic oxidation sites excluding steroid dienone is 5. The standard InChI is InChI=1S/C23H28O4/c24-20(15-12-18-8-4-3-5-9-18)16-13-19-14-17-22(25)21(19)10-6-1-2-7-11-23(26)27/h1,3-6,8-9,13-14,16-17,19-21,24H,2,7,10-12,15H2,(H,26,27). The average molecular weight is 368 g/mol. The van der Waals surface area contributed by atoms with E-state index in [4.69, 9.17) is 5.11 Å². The Hall–Kier alpha value is -2.46. The number of hydrogen-bond donors (Lipinski definition) is 2. The van der Waals surface area contributed by atoms with Gasteiger partial charge >= 0.3 is 5.97 Å². The minimum atomic E-state index is -0.783. The highest BCUT2D eigenvalue weighted by molar-refractivity contribution is 5.95. The van der Waals surface area contributed by atoms with Crippen molar-refractivity contribution in [3.8, 4) is 0 Å². The fourth-order valence-corrected chi connectivity index (χ4v) is 3.17. The summed E-state index contributed by atoms with van der Waals surface area (Å²) >= 11 is 0. The highest BCUT2D eigenvalue weighted by Crippen LogP contribution is 2.27. The number of carboxylic acids is 1. The SMILES string of the molecule is O=C(O)CCCC=CCC1C(=O)C=CC1C=CC(O)CCc1ccccc1. The number of aliphatic carboxylic acids is 1. The summed E-state index contributed by atoms with van der Waals surface area (Å²) in [6.07, 6.45) is 14.2. The molecule has 0 bridgehead atoms. The molecule has 2 rings (SSSR count). The van der Waals surface area contributed by atoms with Crippen LogP contribution in [-0.4, -0.2) is 28.1 Å². The molecule has 0 heterocycles. The molecule has 0 radical (unpaired) electrons. The van der Waals surface area contributed by atoms with Gasteiger partial charge in [-0.3, -0.25) is 9.59 Å². The summed E-state index contributed by atoms with van der Waals surface area (Å²) in [5, 5.41) is 18.8. The van der Waals surface area contributed by atoms with Gasteiger partial charge in [0.15, 0.2) is 5.78 Å². The smallest absolute Gasteiger partial charge is 0.303 e. The lowest BCUT2D eigenvalue weighted by atomic mass is 9.90. The number of unbranched alkanes of at least 4 members (excludes halogenated alkanes) is 1. The number of aliphatic hydroxyl groups excluding tert-OH is 1. The Labute approximate surface area is 160 Å². The van der Waals surface area contributed by atoms with Gasteiger partial charge in [-0.2, -0.15) is 0 Å². The van der Waals surface area contributed by atoms with Gasteiger partial charge in [-0.1, -0.05) is 60.7 Å². The van der Waals surface area contributed by atoms with Crippen LogP contribution in [-0.2, 0) is 16.0 Å². The van der Waals surface area contributed by atoms with Crippen LogP contribution in [0.15, 0.2) is 66.8 Å². The zero-order valence-electron chi connectivity index (χ0n) is 15.5. The molecule has 0 fully saturated rings. The molecular formula is C23H28O4. The Morgan fingerprint density at radius 1 is 1.19 bits per heavy atom. The minimum absolute atomic E-state index is 0.00699. The maximum Gasteiger partial charge on any atom is 0.303 e. The van der Waals surface area contributed by atoms with Crippen LogP contribution in [0.4, 0.5) is 0 Å². The van der Waals surface area contributed by atoms with E-state index in [0.29, 0.717) is 25.7 Å². The molecule has 4 heteroatoms. The molecule has 1 aliphatic rings. The van der Waals surface area contributed by atoms with Gasteiger partial charge in [0.25, 0.3) is 0 Å². The van der Waals surface area contributed by atoms with Crippen molar-refractivity contribution in [2.75, 3.05) is 0 Å². The molecule has 1 aliphatic carbocycles. The molecule has 1 aromatic rings. The lowest BCUT2D eigenvalue weighted by Gasteiger charge is -2.13. The van der Waals surface area contributed by atoms with E-state index in [-0.39, 0.29) is 24.0 Å². The van der Waals surface area contributed by atoms with Gasteiger partial charge in [0.05, 0.1) is 6.10 Å². The van der Waals surface area contributed by atoms with Gasteiger partial charge < -0.3 is 10.2 Å². The molecule has 144 valence electrons. The van der Waals surface area contributed by atoms with E-state index in [1.807, 2.05) is 54.6 Å². The summed E-state index contributed by atoms with van der Waals surface area (Å²) in [4.78, 5) is 22.5. The number of carbonyl (C=O) groups is 2. The molecule has 3 atom stereocenters. The monoisotopic (exact) mass is 368 g/mol. The number of carboxylic acid groups (broad SMARTS) is 1. The molecule has 0 saturated heterocycles. The number of aliphatic hydroxyl groups is 1. The zero-order chi connectivity index (χ0) is 19.5. The molecule has 2 N–H and O–H groups in total. The first-order chi connectivity index (χ1) is 13.1. The van der Waals surface area contributed by atoms with Crippen molar-refractivity contribution in [2.24, 2.45) is 11.8 Å². The fraction of sp³-hybridized carbons (Fsp3) is 0.391. The van der Waals surface area contributed by atoms with E-state index in [0.717, 1.165) is 6.42 Å². The van der Waals surface area contributed by atoms with Crippen LogP contribution in [0.5, 0.6) is 0 Å². The number of ketones is 1. The van der Waals surface area contributed by atoms with Crippen LogP contribution < -0.4 is 0 Å². The predicted octanol–water partition coefficient (Wildman–Crippen LogP) is 4.11. The normalized spacial score (nSPS) is 20.7. The molecule has 0 spiro atoms. The summed E-state index contributed by atoms with van der Waals surface area (Å²) in [5.74, 6) is -0.793. The van der Waals surface area contributed by atoms with E-state index in [9.17, 15) is 14.7 Å². The van der Waals surface area contributed by atoms with Gasteiger partial charge in [0.1, 0.15) is 0 Å². The maximum atomic E-state index is 12.1. The molecular weight excluding hydrogens is 340 g/mol. The number of aryl methyl sites for hydroxylation is 1. The van der Waals surface area contributed by atoms with Crippen LogP contribution >= 0.6 is 0 Å². The Kier molecular flexibility index (Phi) is 8.72. The summed E-state index contributed by atoms with van der Waals surface area (Å²) in [6.45, 7) is 0. The van der Waals surface area contributed by atoms with Crippen LogP contribution in [0.25, 0.3) is 0 Å². The van der Waals surface area contributed by atoms with Gasteiger partial charge in [-0.15, -0.1) is 0 Å². The van der Waals surface area contributed by atoms with Crippen LogP contribution in [0.2, 0.25) is 0 Å². The lowest BCUT2D eigenvalue weighted by Crippen LogP contribution is -2.14. The summed E-state index contributed by atoms with van der Waals surface area (Å²) in [6, 6.07) is 10.1. The lowest BCUT2D eigenvalue weighted by molar-refractivity contribution is -0.137. The Bertz CT molecular complexity index is 688. The Morgan fingerprint density at radius 3 is 2.70 bits per heavy atom. The largest absolute Gasteiger partial charge is 0.481 e. The van der Waals surface area contributed by atoms with Crippen molar-refractivity contribution >= 4 is 11.8 Å². The third-order valence-electron chi connectivity index (χ3n) is 4.76. The van der Waals surface area contributed by atoms with E-state index < -0.39 is 12.1 Å². The first-order valence-electron chi connectivity index (χ1n) is 9.55. The Morgan fingerprint density at radius 2 is 1.96 bits per heavy atom. The predicted molar refractivity (Wildman–Crippen MR) is 106 cm³/mol. The van der Waals surface area contributed by atoms with Crippen molar-refractivity contribution < 1.29 is 19.8 Å². The van der Waals surface area contributed by atoms with Crippen molar-refractivity contribution in [3.63, 3.8) is 0 Å². The first kappa shape index (κ1) is 20.8. The highest BCUT2D eigenvalue weighted by Gasteiger charge is 2.27. The summed E-state index contributed by atoms with van der Waals surface area (Å²) in [7, 11) is 0. The number of benzene rings is 1. The minimum Gasteiger partial charge on any atom is -0.481 e. The summed E-state index contributed by atoms with van der Waals surface area (Å²) < 4.78 is 0.